The fourth-order valence-electron chi connectivity index (χ4n) is 3.72. The van der Waals surface area contributed by atoms with Crippen molar-refractivity contribution in [2.45, 2.75) is 64.6 Å². The molecule has 20 heavy (non-hydrogen) atoms. The molecular formula is C18H28N2. The third-order valence-electron chi connectivity index (χ3n) is 5.08. The maximum Gasteiger partial charge on any atom is 0.0210 e. The molecule has 1 saturated carbocycles. The van der Waals surface area contributed by atoms with Crippen LogP contribution < -0.4 is 10.6 Å². The Balaban J connectivity index is 1.61. The molecule has 1 aliphatic carbocycles. The second kappa shape index (κ2) is 6.73. The molecule has 2 unspecified atom stereocenters. The lowest BCUT2D eigenvalue weighted by atomic mass is 9.95. The van der Waals surface area contributed by atoms with Crippen LogP contribution in [-0.4, -0.2) is 12.6 Å². The van der Waals surface area contributed by atoms with E-state index in [9.17, 15) is 0 Å². The average Bonchev–Trinajstić information content (AvgIpc) is 2.70. The van der Waals surface area contributed by atoms with Crippen LogP contribution >= 0.6 is 0 Å². The number of rotatable bonds is 3. The SMILES string of the molecule is CC1CCCC(NCc2cccc3c2CCNC3)CC1. The molecule has 1 aliphatic heterocycles. The van der Waals surface area contributed by atoms with Crippen LogP contribution in [0.4, 0.5) is 0 Å². The van der Waals surface area contributed by atoms with E-state index in [1.165, 1.54) is 49.7 Å². The van der Waals surface area contributed by atoms with Crippen LogP contribution in [0, 0.1) is 5.92 Å². The first-order chi connectivity index (χ1) is 9.83. The zero-order valence-corrected chi connectivity index (χ0v) is 12.8. The van der Waals surface area contributed by atoms with Gasteiger partial charge in [-0.2, -0.15) is 0 Å². The van der Waals surface area contributed by atoms with Gasteiger partial charge in [0.05, 0.1) is 0 Å². The van der Waals surface area contributed by atoms with Crippen molar-refractivity contribution in [3.8, 4) is 0 Å². The van der Waals surface area contributed by atoms with E-state index in [1.807, 2.05) is 0 Å². The van der Waals surface area contributed by atoms with Crippen molar-refractivity contribution in [2.24, 2.45) is 5.92 Å². The lowest BCUT2D eigenvalue weighted by Gasteiger charge is -2.22. The van der Waals surface area contributed by atoms with Crippen molar-refractivity contribution in [3.63, 3.8) is 0 Å². The topological polar surface area (TPSA) is 24.1 Å². The van der Waals surface area contributed by atoms with Gasteiger partial charge in [-0.3, -0.25) is 0 Å². The van der Waals surface area contributed by atoms with E-state index in [1.54, 1.807) is 5.56 Å². The maximum absolute atomic E-state index is 3.83. The summed E-state index contributed by atoms with van der Waals surface area (Å²) in [7, 11) is 0. The highest BCUT2D eigenvalue weighted by molar-refractivity contribution is 5.37. The quantitative estimate of drug-likeness (QED) is 0.824. The molecule has 1 fully saturated rings. The van der Waals surface area contributed by atoms with Crippen molar-refractivity contribution in [1.29, 1.82) is 0 Å². The van der Waals surface area contributed by atoms with Crippen LogP contribution in [0.15, 0.2) is 18.2 Å². The predicted octanol–water partition coefficient (Wildman–Crippen LogP) is 3.39. The summed E-state index contributed by atoms with van der Waals surface area (Å²) >= 11 is 0. The van der Waals surface area contributed by atoms with Gasteiger partial charge in [-0.15, -0.1) is 0 Å². The lowest BCUT2D eigenvalue weighted by Crippen LogP contribution is -2.30. The Morgan fingerprint density at radius 3 is 3.10 bits per heavy atom. The van der Waals surface area contributed by atoms with Crippen LogP contribution in [0.5, 0.6) is 0 Å². The van der Waals surface area contributed by atoms with E-state index in [2.05, 4.69) is 35.8 Å². The van der Waals surface area contributed by atoms with Crippen LogP contribution in [-0.2, 0) is 19.5 Å². The predicted molar refractivity (Wildman–Crippen MR) is 84.7 cm³/mol. The molecule has 1 aromatic carbocycles. The summed E-state index contributed by atoms with van der Waals surface area (Å²) in [4.78, 5) is 0. The summed E-state index contributed by atoms with van der Waals surface area (Å²) in [6, 6.07) is 7.55. The van der Waals surface area contributed by atoms with E-state index in [0.717, 1.165) is 31.6 Å². The molecular weight excluding hydrogens is 244 g/mol. The first-order valence-corrected chi connectivity index (χ1v) is 8.36. The highest BCUT2D eigenvalue weighted by atomic mass is 14.9. The number of benzene rings is 1. The number of nitrogens with one attached hydrogen (secondary N) is 2. The van der Waals surface area contributed by atoms with E-state index in [-0.39, 0.29) is 0 Å². The monoisotopic (exact) mass is 272 g/mol. The van der Waals surface area contributed by atoms with Gasteiger partial charge in [0.25, 0.3) is 0 Å². The Hall–Kier alpha value is -0.860. The smallest absolute Gasteiger partial charge is 0.0210 e. The zero-order chi connectivity index (χ0) is 13.8. The fraction of sp³-hybridized carbons (Fsp3) is 0.667. The number of hydrogen-bond donors (Lipinski definition) is 2. The minimum Gasteiger partial charge on any atom is -0.312 e. The van der Waals surface area contributed by atoms with Gasteiger partial charge < -0.3 is 10.6 Å². The normalized spacial score (nSPS) is 26.9. The van der Waals surface area contributed by atoms with Crippen LogP contribution in [0.1, 0.15) is 55.7 Å². The van der Waals surface area contributed by atoms with Crippen molar-refractivity contribution < 1.29 is 0 Å². The molecule has 0 saturated heterocycles. The first kappa shape index (κ1) is 14.1. The lowest BCUT2D eigenvalue weighted by molar-refractivity contribution is 0.446. The minimum atomic E-state index is 0.734. The largest absolute Gasteiger partial charge is 0.312 e. The molecule has 0 spiro atoms. The molecule has 1 aromatic rings. The van der Waals surface area contributed by atoms with Crippen molar-refractivity contribution in [3.05, 3.63) is 34.9 Å². The summed E-state index contributed by atoms with van der Waals surface area (Å²) in [5, 5.41) is 7.29. The van der Waals surface area contributed by atoms with Gasteiger partial charge in [0.15, 0.2) is 0 Å². The molecule has 2 nitrogen and oxygen atoms in total. The average molecular weight is 272 g/mol. The van der Waals surface area contributed by atoms with Gasteiger partial charge in [-0.05, 0) is 54.8 Å². The highest BCUT2D eigenvalue weighted by Gasteiger charge is 2.17. The Kier molecular flexibility index (Phi) is 4.74. The van der Waals surface area contributed by atoms with Gasteiger partial charge in [0.1, 0.15) is 0 Å². The summed E-state index contributed by atoms with van der Waals surface area (Å²) in [6.07, 6.45) is 8.13. The zero-order valence-electron chi connectivity index (χ0n) is 12.8. The summed E-state index contributed by atoms with van der Waals surface area (Å²) in [6.45, 7) is 5.64. The molecule has 1 heterocycles. The standard InChI is InChI=1S/C18H28N2/c1-14-4-2-7-17(9-8-14)20-13-16-6-3-5-15-12-19-11-10-18(15)16/h3,5-6,14,17,19-20H,2,4,7-13H2,1H3. The molecule has 0 bridgehead atoms. The molecule has 0 aromatic heterocycles. The molecule has 2 heteroatoms. The first-order valence-electron chi connectivity index (χ1n) is 8.36. The fourth-order valence-corrected chi connectivity index (χ4v) is 3.72. The molecule has 0 radical (unpaired) electrons. The summed E-state index contributed by atoms with van der Waals surface area (Å²) < 4.78 is 0. The van der Waals surface area contributed by atoms with Gasteiger partial charge in [-0.25, -0.2) is 0 Å². The van der Waals surface area contributed by atoms with Crippen molar-refractivity contribution in [1.82, 2.24) is 10.6 Å². The van der Waals surface area contributed by atoms with Crippen molar-refractivity contribution >= 4 is 0 Å². The number of fused-ring (bicyclic) bond motifs is 1. The second-order valence-corrected chi connectivity index (χ2v) is 6.67. The van der Waals surface area contributed by atoms with E-state index < -0.39 is 0 Å². The van der Waals surface area contributed by atoms with Crippen LogP contribution in [0.25, 0.3) is 0 Å². The molecule has 2 atom stereocenters. The third-order valence-corrected chi connectivity index (χ3v) is 5.08. The van der Waals surface area contributed by atoms with Crippen LogP contribution in [0.3, 0.4) is 0 Å². The molecule has 2 N–H and O–H groups in total. The Bertz CT molecular complexity index is 441. The minimum absolute atomic E-state index is 0.734. The second-order valence-electron chi connectivity index (χ2n) is 6.67. The Labute approximate surface area is 123 Å². The van der Waals surface area contributed by atoms with E-state index in [4.69, 9.17) is 0 Å². The Morgan fingerprint density at radius 2 is 2.15 bits per heavy atom. The van der Waals surface area contributed by atoms with Gasteiger partial charge in [0, 0.05) is 19.1 Å². The Morgan fingerprint density at radius 1 is 1.20 bits per heavy atom. The highest BCUT2D eigenvalue weighted by Crippen LogP contribution is 2.24. The third kappa shape index (κ3) is 3.42. The van der Waals surface area contributed by atoms with Gasteiger partial charge in [0.2, 0.25) is 0 Å². The van der Waals surface area contributed by atoms with E-state index in [0.29, 0.717) is 0 Å². The molecule has 2 aliphatic rings. The van der Waals surface area contributed by atoms with Gasteiger partial charge in [-0.1, -0.05) is 38.0 Å². The van der Waals surface area contributed by atoms with Crippen molar-refractivity contribution in [2.75, 3.05) is 6.54 Å². The molecule has 0 amide bonds. The summed E-state index contributed by atoms with van der Waals surface area (Å²) in [5.74, 6) is 0.928. The van der Waals surface area contributed by atoms with Gasteiger partial charge >= 0.3 is 0 Å². The molecule has 110 valence electrons. The molecule has 3 rings (SSSR count). The summed E-state index contributed by atoms with van der Waals surface area (Å²) in [5.41, 5.74) is 4.63. The number of hydrogen-bond acceptors (Lipinski definition) is 2. The van der Waals surface area contributed by atoms with Crippen LogP contribution in [0.2, 0.25) is 0 Å². The van der Waals surface area contributed by atoms with E-state index >= 15 is 0 Å². The maximum atomic E-state index is 3.83.